The second-order valence-corrected chi connectivity index (χ2v) is 1.91. The van der Waals surface area contributed by atoms with Crippen LogP contribution < -0.4 is 11.3 Å². The fraction of sp³-hybridized carbons (Fsp3) is 0. The van der Waals surface area contributed by atoms with E-state index >= 15 is 0 Å². The molecule has 0 saturated heterocycles. The fourth-order valence-corrected chi connectivity index (χ4v) is 0.643. The second-order valence-electron chi connectivity index (χ2n) is 1.50. The standard InChI is InChI=1S/C5H6ClN3/c6-4-1-2-8-3-5(4)9-7/h1-3,9H,7H2. The van der Waals surface area contributed by atoms with Crippen molar-refractivity contribution in [1.29, 1.82) is 0 Å². The Morgan fingerprint density at radius 2 is 2.44 bits per heavy atom. The van der Waals surface area contributed by atoms with Crippen LogP contribution in [0.4, 0.5) is 5.69 Å². The van der Waals surface area contributed by atoms with Gasteiger partial charge in [0.15, 0.2) is 0 Å². The van der Waals surface area contributed by atoms with Gasteiger partial charge in [-0.15, -0.1) is 0 Å². The maximum atomic E-state index is 5.64. The van der Waals surface area contributed by atoms with Crippen molar-refractivity contribution in [3.05, 3.63) is 23.5 Å². The Bertz CT molecular complexity index is 201. The average Bonchev–Trinajstić information content (AvgIpc) is 1.89. The smallest absolute Gasteiger partial charge is 0.0858 e. The number of nitrogens with zero attached hydrogens (tertiary/aromatic N) is 1. The SMILES string of the molecule is NNc1cnccc1Cl. The Kier molecular flexibility index (Phi) is 1.87. The maximum absolute atomic E-state index is 5.64. The van der Waals surface area contributed by atoms with Gasteiger partial charge in [0, 0.05) is 6.20 Å². The van der Waals surface area contributed by atoms with Crippen molar-refractivity contribution in [2.75, 3.05) is 5.43 Å². The molecule has 1 heterocycles. The molecular weight excluding hydrogens is 138 g/mol. The van der Waals surface area contributed by atoms with Crippen molar-refractivity contribution >= 4 is 17.3 Å². The monoisotopic (exact) mass is 143 g/mol. The summed E-state index contributed by atoms with van der Waals surface area (Å²) in [4.78, 5) is 3.79. The number of hydrogen-bond acceptors (Lipinski definition) is 3. The first-order valence-electron chi connectivity index (χ1n) is 2.40. The minimum atomic E-state index is 0.576. The van der Waals surface area contributed by atoms with Gasteiger partial charge in [0.2, 0.25) is 0 Å². The average molecular weight is 144 g/mol. The molecule has 3 nitrogen and oxygen atoms in total. The van der Waals surface area contributed by atoms with E-state index in [4.69, 9.17) is 17.4 Å². The summed E-state index contributed by atoms with van der Waals surface area (Å²) in [5.41, 5.74) is 3.04. The summed E-state index contributed by atoms with van der Waals surface area (Å²) < 4.78 is 0. The molecule has 48 valence electrons. The van der Waals surface area contributed by atoms with Gasteiger partial charge in [0.1, 0.15) is 0 Å². The number of hydrogen-bond donors (Lipinski definition) is 2. The first kappa shape index (κ1) is 6.32. The van der Waals surface area contributed by atoms with Crippen LogP contribution in [0.25, 0.3) is 0 Å². The molecular formula is C5H6ClN3. The molecule has 0 amide bonds. The summed E-state index contributed by atoms with van der Waals surface area (Å²) in [7, 11) is 0. The zero-order valence-electron chi connectivity index (χ0n) is 4.63. The summed E-state index contributed by atoms with van der Waals surface area (Å²) in [6.07, 6.45) is 3.16. The van der Waals surface area contributed by atoms with E-state index in [0.717, 1.165) is 0 Å². The van der Waals surface area contributed by atoms with Crippen molar-refractivity contribution in [2.24, 2.45) is 5.84 Å². The van der Waals surface area contributed by atoms with E-state index in [9.17, 15) is 0 Å². The highest BCUT2D eigenvalue weighted by Gasteiger charge is 1.92. The molecule has 0 radical (unpaired) electrons. The van der Waals surface area contributed by atoms with Crippen molar-refractivity contribution in [1.82, 2.24) is 4.98 Å². The highest BCUT2D eigenvalue weighted by Crippen LogP contribution is 2.16. The minimum Gasteiger partial charge on any atom is -0.321 e. The molecule has 0 aromatic carbocycles. The summed E-state index contributed by atoms with van der Waals surface area (Å²) in [6.45, 7) is 0. The van der Waals surface area contributed by atoms with Crippen molar-refractivity contribution in [2.45, 2.75) is 0 Å². The first-order valence-corrected chi connectivity index (χ1v) is 2.78. The van der Waals surface area contributed by atoms with Gasteiger partial charge in [-0.3, -0.25) is 10.8 Å². The van der Waals surface area contributed by atoms with Gasteiger partial charge in [0.05, 0.1) is 16.9 Å². The Hall–Kier alpha value is -0.800. The van der Waals surface area contributed by atoms with Gasteiger partial charge in [-0.25, -0.2) is 0 Å². The molecule has 0 saturated carbocycles. The lowest BCUT2D eigenvalue weighted by molar-refractivity contribution is 1.27. The molecule has 1 aromatic heterocycles. The Labute approximate surface area is 57.8 Å². The van der Waals surface area contributed by atoms with E-state index in [1.54, 1.807) is 18.5 Å². The molecule has 4 heteroatoms. The third-order valence-corrected chi connectivity index (χ3v) is 1.25. The molecule has 0 aliphatic carbocycles. The van der Waals surface area contributed by atoms with Crippen molar-refractivity contribution in [3.8, 4) is 0 Å². The van der Waals surface area contributed by atoms with Crippen molar-refractivity contribution < 1.29 is 0 Å². The molecule has 0 fully saturated rings. The van der Waals surface area contributed by atoms with Gasteiger partial charge in [-0.1, -0.05) is 11.6 Å². The Morgan fingerprint density at radius 3 is 2.89 bits per heavy atom. The van der Waals surface area contributed by atoms with E-state index in [-0.39, 0.29) is 0 Å². The largest absolute Gasteiger partial charge is 0.321 e. The van der Waals surface area contributed by atoms with Crippen LogP contribution in [0.2, 0.25) is 5.02 Å². The number of halogens is 1. The van der Waals surface area contributed by atoms with Crippen LogP contribution in [0.15, 0.2) is 18.5 Å². The quantitative estimate of drug-likeness (QED) is 0.456. The van der Waals surface area contributed by atoms with E-state index in [1.165, 1.54) is 0 Å². The van der Waals surface area contributed by atoms with Crippen LogP contribution in [0.5, 0.6) is 0 Å². The molecule has 1 rings (SSSR count). The molecule has 1 aromatic rings. The minimum absolute atomic E-state index is 0.576. The summed E-state index contributed by atoms with van der Waals surface area (Å²) in [5, 5.41) is 0.576. The highest BCUT2D eigenvalue weighted by molar-refractivity contribution is 6.33. The van der Waals surface area contributed by atoms with Gasteiger partial charge < -0.3 is 5.43 Å². The lowest BCUT2D eigenvalue weighted by atomic mass is 10.4. The van der Waals surface area contributed by atoms with Gasteiger partial charge >= 0.3 is 0 Å². The molecule has 0 unspecified atom stereocenters. The number of hydrazine groups is 1. The summed E-state index contributed by atoms with van der Waals surface area (Å²) in [6, 6.07) is 1.66. The third kappa shape index (κ3) is 1.31. The Morgan fingerprint density at radius 1 is 1.67 bits per heavy atom. The lowest BCUT2D eigenvalue weighted by Gasteiger charge is -1.98. The van der Waals surface area contributed by atoms with Crippen LogP contribution in [-0.4, -0.2) is 4.98 Å². The van der Waals surface area contributed by atoms with Crippen LogP contribution in [-0.2, 0) is 0 Å². The van der Waals surface area contributed by atoms with Crippen LogP contribution >= 0.6 is 11.6 Å². The molecule has 0 atom stereocenters. The second kappa shape index (κ2) is 2.66. The highest BCUT2D eigenvalue weighted by atomic mass is 35.5. The number of nitrogen functional groups attached to an aromatic ring is 1. The number of nitrogens with two attached hydrogens (primary N) is 1. The topological polar surface area (TPSA) is 50.9 Å². The summed E-state index contributed by atoms with van der Waals surface area (Å²) >= 11 is 5.64. The lowest BCUT2D eigenvalue weighted by Crippen LogP contribution is -2.07. The molecule has 0 spiro atoms. The summed E-state index contributed by atoms with van der Waals surface area (Å²) in [5.74, 6) is 5.08. The fourth-order valence-electron chi connectivity index (χ4n) is 0.484. The number of nitrogens with one attached hydrogen (secondary N) is 1. The van der Waals surface area contributed by atoms with Gasteiger partial charge in [-0.2, -0.15) is 0 Å². The van der Waals surface area contributed by atoms with E-state index < -0.39 is 0 Å². The van der Waals surface area contributed by atoms with E-state index in [0.29, 0.717) is 10.7 Å². The van der Waals surface area contributed by atoms with Crippen molar-refractivity contribution in [3.63, 3.8) is 0 Å². The predicted octanol–water partition coefficient (Wildman–Crippen LogP) is 1.02. The Balaban J connectivity index is 3.01. The molecule has 0 aliphatic heterocycles. The maximum Gasteiger partial charge on any atom is 0.0858 e. The predicted molar refractivity (Wildman–Crippen MR) is 37.1 cm³/mol. The van der Waals surface area contributed by atoms with E-state index in [2.05, 4.69) is 10.4 Å². The molecule has 9 heavy (non-hydrogen) atoms. The van der Waals surface area contributed by atoms with Crippen LogP contribution in [0.3, 0.4) is 0 Å². The molecule has 0 aliphatic rings. The normalized spacial score (nSPS) is 9.11. The number of aromatic nitrogens is 1. The number of rotatable bonds is 1. The third-order valence-electron chi connectivity index (χ3n) is 0.923. The zero-order chi connectivity index (χ0) is 6.69. The molecule has 3 N–H and O–H groups in total. The van der Waals surface area contributed by atoms with E-state index in [1.807, 2.05) is 0 Å². The zero-order valence-corrected chi connectivity index (χ0v) is 5.39. The van der Waals surface area contributed by atoms with Gasteiger partial charge in [0.25, 0.3) is 0 Å². The van der Waals surface area contributed by atoms with Crippen LogP contribution in [0.1, 0.15) is 0 Å². The number of anilines is 1. The van der Waals surface area contributed by atoms with Crippen LogP contribution in [0, 0.1) is 0 Å². The number of pyridine rings is 1. The first-order chi connectivity index (χ1) is 4.34. The van der Waals surface area contributed by atoms with Gasteiger partial charge in [-0.05, 0) is 6.07 Å². The molecule has 0 bridgehead atoms.